The number of nitrogens with one attached hydrogen (secondary N) is 1. The third-order valence-corrected chi connectivity index (χ3v) is 9.51. The molecule has 0 bridgehead atoms. The number of aliphatic imine (C=N–C) groups is 1. The second-order valence-corrected chi connectivity index (χ2v) is 12.0. The Morgan fingerprint density at radius 3 is 2.34 bits per heavy atom. The highest BCUT2D eigenvalue weighted by Crippen LogP contribution is 2.45. The van der Waals surface area contributed by atoms with Crippen LogP contribution in [0.5, 0.6) is 0 Å². The standard InChI is InChI=1S/C36H24N4S/c1-36(25-17-16-22-11-8-18-37-29(22)21-25)38-34(33-27-13-5-7-15-32(27)41-35(33)39-36)40-30-14-6-4-12-26(30)28-19-23-9-2-3-10-24(23)20-31(28)40/h2-21,39H,1H3. The van der Waals surface area contributed by atoms with Crippen LogP contribution in [-0.4, -0.2) is 15.4 Å². The van der Waals surface area contributed by atoms with E-state index in [2.05, 4.69) is 131 Å². The molecule has 1 aliphatic heterocycles. The maximum absolute atomic E-state index is 5.62. The first-order valence-electron chi connectivity index (χ1n) is 13.8. The molecule has 0 aliphatic carbocycles. The molecule has 3 aromatic heterocycles. The third kappa shape index (κ3) is 3.27. The second kappa shape index (κ2) is 8.26. The quantitative estimate of drug-likeness (QED) is 0.224. The summed E-state index contributed by atoms with van der Waals surface area (Å²) in [6.45, 7) is 2.17. The number of fused-ring (bicyclic) bond motifs is 8. The zero-order valence-corrected chi connectivity index (χ0v) is 23.1. The van der Waals surface area contributed by atoms with Gasteiger partial charge in [-0.1, -0.05) is 78.9 Å². The van der Waals surface area contributed by atoms with Crippen molar-refractivity contribution in [2.45, 2.75) is 12.6 Å². The Balaban J connectivity index is 1.40. The molecule has 0 saturated heterocycles. The normalized spacial score (nSPS) is 16.9. The number of hydrogen-bond donors (Lipinski definition) is 1. The summed E-state index contributed by atoms with van der Waals surface area (Å²) in [5.74, 6) is 0.960. The van der Waals surface area contributed by atoms with Gasteiger partial charge in [-0.15, -0.1) is 11.3 Å². The van der Waals surface area contributed by atoms with E-state index in [0.717, 1.165) is 43.9 Å². The molecule has 5 aromatic carbocycles. The highest BCUT2D eigenvalue weighted by Gasteiger charge is 2.36. The molecule has 4 nitrogen and oxygen atoms in total. The van der Waals surface area contributed by atoms with Crippen LogP contribution in [0.15, 0.2) is 126 Å². The van der Waals surface area contributed by atoms with Crippen molar-refractivity contribution in [1.29, 1.82) is 0 Å². The Labute approximate surface area is 240 Å². The number of rotatable bonds is 1. The van der Waals surface area contributed by atoms with Gasteiger partial charge in [0.25, 0.3) is 0 Å². The number of para-hydroxylation sites is 1. The van der Waals surface area contributed by atoms with E-state index >= 15 is 0 Å². The molecular formula is C36H24N4S. The molecule has 0 radical (unpaired) electrons. The number of aromatic nitrogens is 2. The summed E-state index contributed by atoms with van der Waals surface area (Å²) >= 11 is 1.79. The lowest BCUT2D eigenvalue weighted by atomic mass is 9.97. The minimum Gasteiger partial charge on any atom is -0.349 e. The summed E-state index contributed by atoms with van der Waals surface area (Å²) in [7, 11) is 0. The molecule has 194 valence electrons. The van der Waals surface area contributed by atoms with Gasteiger partial charge in [0.15, 0.2) is 5.66 Å². The van der Waals surface area contributed by atoms with Crippen molar-refractivity contribution in [1.82, 2.24) is 9.55 Å². The van der Waals surface area contributed by atoms with Crippen LogP contribution in [0.25, 0.3) is 53.6 Å². The van der Waals surface area contributed by atoms with Gasteiger partial charge in [0.2, 0.25) is 0 Å². The summed E-state index contributed by atoms with van der Waals surface area (Å²) in [6.07, 6.45) is 1.85. The minimum atomic E-state index is -0.691. The molecule has 0 fully saturated rings. The SMILES string of the molecule is CC1(c2ccc3cccnc3c2)N=C(n2c3ccccc3c3cc4ccccc4cc32)c2c(sc3ccccc23)N1. The fourth-order valence-corrected chi connectivity index (χ4v) is 7.62. The van der Waals surface area contributed by atoms with Crippen LogP contribution >= 0.6 is 11.3 Å². The molecule has 0 saturated carbocycles. The van der Waals surface area contributed by atoms with E-state index in [4.69, 9.17) is 4.99 Å². The zero-order valence-electron chi connectivity index (χ0n) is 22.3. The number of pyridine rings is 1. The van der Waals surface area contributed by atoms with E-state index < -0.39 is 5.66 Å². The molecule has 0 amide bonds. The summed E-state index contributed by atoms with van der Waals surface area (Å²) in [6, 6.07) is 41.2. The fraction of sp³-hybridized carbons (Fsp3) is 0.0556. The van der Waals surface area contributed by atoms with Crippen molar-refractivity contribution >= 4 is 75.7 Å². The second-order valence-electron chi connectivity index (χ2n) is 10.9. The van der Waals surface area contributed by atoms with Crippen LogP contribution in [0.1, 0.15) is 18.1 Å². The Bertz CT molecular complexity index is 2380. The topological polar surface area (TPSA) is 42.2 Å². The molecule has 9 rings (SSSR count). The molecule has 8 aromatic rings. The minimum absolute atomic E-state index is 0.691. The van der Waals surface area contributed by atoms with E-state index in [0.29, 0.717) is 0 Å². The first-order chi connectivity index (χ1) is 20.2. The van der Waals surface area contributed by atoms with Crippen molar-refractivity contribution in [3.05, 3.63) is 133 Å². The van der Waals surface area contributed by atoms with Crippen molar-refractivity contribution in [2.24, 2.45) is 4.99 Å². The number of hydrogen-bond acceptors (Lipinski definition) is 4. The van der Waals surface area contributed by atoms with Crippen molar-refractivity contribution in [2.75, 3.05) is 5.32 Å². The zero-order chi connectivity index (χ0) is 27.1. The van der Waals surface area contributed by atoms with Gasteiger partial charge in [-0.2, -0.15) is 0 Å². The highest BCUT2D eigenvalue weighted by atomic mass is 32.1. The average Bonchev–Trinajstić information content (AvgIpc) is 3.54. The Morgan fingerprint density at radius 1 is 0.683 bits per heavy atom. The van der Waals surface area contributed by atoms with E-state index in [1.807, 2.05) is 12.3 Å². The summed E-state index contributed by atoms with van der Waals surface area (Å²) < 4.78 is 3.63. The van der Waals surface area contributed by atoms with Gasteiger partial charge in [0.1, 0.15) is 10.8 Å². The maximum Gasteiger partial charge on any atom is 0.155 e. The van der Waals surface area contributed by atoms with Gasteiger partial charge in [-0.05, 0) is 54.1 Å². The monoisotopic (exact) mass is 544 g/mol. The van der Waals surface area contributed by atoms with Gasteiger partial charge >= 0.3 is 0 Å². The highest BCUT2D eigenvalue weighted by molar-refractivity contribution is 7.23. The number of benzene rings is 5. The van der Waals surface area contributed by atoms with Crippen molar-refractivity contribution in [3.63, 3.8) is 0 Å². The molecule has 1 N–H and O–H groups in total. The molecule has 1 atom stereocenters. The van der Waals surface area contributed by atoms with Gasteiger partial charge in [0, 0.05) is 38.0 Å². The predicted octanol–water partition coefficient (Wildman–Crippen LogP) is 9.30. The van der Waals surface area contributed by atoms with E-state index in [-0.39, 0.29) is 0 Å². The lowest BCUT2D eigenvalue weighted by molar-refractivity contribution is 0.572. The smallest absolute Gasteiger partial charge is 0.155 e. The Morgan fingerprint density at radius 2 is 1.44 bits per heavy atom. The van der Waals surface area contributed by atoms with Gasteiger partial charge in [-0.3, -0.25) is 9.55 Å². The van der Waals surface area contributed by atoms with Crippen LogP contribution in [-0.2, 0) is 5.66 Å². The lowest BCUT2D eigenvalue weighted by Gasteiger charge is -2.34. The van der Waals surface area contributed by atoms with Crippen molar-refractivity contribution in [3.8, 4) is 0 Å². The predicted molar refractivity (Wildman–Crippen MR) is 173 cm³/mol. The van der Waals surface area contributed by atoms with Gasteiger partial charge in [-0.25, -0.2) is 4.99 Å². The van der Waals surface area contributed by atoms with Crippen LogP contribution in [0.2, 0.25) is 0 Å². The third-order valence-electron chi connectivity index (χ3n) is 8.43. The van der Waals surface area contributed by atoms with Crippen LogP contribution < -0.4 is 5.32 Å². The van der Waals surface area contributed by atoms with E-state index in [9.17, 15) is 0 Å². The molecule has 41 heavy (non-hydrogen) atoms. The van der Waals surface area contributed by atoms with E-state index in [1.165, 1.54) is 31.6 Å². The van der Waals surface area contributed by atoms with Crippen LogP contribution in [0.4, 0.5) is 5.00 Å². The number of nitrogens with zero attached hydrogens (tertiary/aromatic N) is 3. The fourth-order valence-electron chi connectivity index (χ4n) is 6.42. The molecule has 1 unspecified atom stereocenters. The molecule has 1 aliphatic rings. The molecule has 5 heteroatoms. The van der Waals surface area contributed by atoms with Crippen molar-refractivity contribution < 1.29 is 0 Å². The largest absolute Gasteiger partial charge is 0.349 e. The Hall–Kier alpha value is -5.00. The molecule has 4 heterocycles. The first kappa shape index (κ1) is 22.8. The first-order valence-corrected chi connectivity index (χ1v) is 14.7. The summed E-state index contributed by atoms with van der Waals surface area (Å²) in [5, 5.41) is 12.2. The van der Waals surface area contributed by atoms with Crippen LogP contribution in [0, 0.1) is 0 Å². The maximum atomic E-state index is 5.62. The summed E-state index contributed by atoms with van der Waals surface area (Å²) in [4.78, 5) is 10.3. The van der Waals surface area contributed by atoms with Gasteiger partial charge in [0.05, 0.1) is 22.1 Å². The molecule has 0 spiro atoms. The lowest BCUT2D eigenvalue weighted by Crippen LogP contribution is -2.36. The number of anilines is 1. The molecular weight excluding hydrogens is 520 g/mol. The average molecular weight is 545 g/mol. The summed E-state index contributed by atoms with van der Waals surface area (Å²) in [5.41, 5.74) is 4.82. The van der Waals surface area contributed by atoms with E-state index in [1.54, 1.807) is 11.3 Å². The van der Waals surface area contributed by atoms with Crippen LogP contribution in [0.3, 0.4) is 0 Å². The Kier molecular flexibility index (Phi) is 4.59. The van der Waals surface area contributed by atoms with Gasteiger partial charge < -0.3 is 5.32 Å². The number of thiophene rings is 1.